The van der Waals surface area contributed by atoms with Crippen LogP contribution >= 0.6 is 0 Å². The fraction of sp³-hybridized carbons (Fsp3) is 0.737. The second-order valence-electron chi connectivity index (χ2n) is 7.75. The Morgan fingerprint density at radius 3 is 2.88 bits per heavy atom. The Morgan fingerprint density at radius 1 is 1.28 bits per heavy atom. The van der Waals surface area contributed by atoms with E-state index in [0.717, 1.165) is 36.8 Å². The summed E-state index contributed by atoms with van der Waals surface area (Å²) in [5.41, 5.74) is 1.66. The van der Waals surface area contributed by atoms with Crippen molar-refractivity contribution in [2.75, 3.05) is 13.1 Å². The molecular weight excluding hydrogens is 316 g/mol. The van der Waals surface area contributed by atoms with E-state index in [2.05, 4.69) is 20.2 Å². The predicted octanol–water partition coefficient (Wildman–Crippen LogP) is 1.82. The van der Waals surface area contributed by atoms with Crippen LogP contribution in [0.4, 0.5) is 0 Å². The largest absolute Gasteiger partial charge is 0.364 e. The molecule has 0 aromatic carbocycles. The van der Waals surface area contributed by atoms with Crippen LogP contribution in [0.1, 0.15) is 49.9 Å². The highest BCUT2D eigenvalue weighted by atomic mass is 16.5. The number of likely N-dealkylation sites (tertiary alicyclic amines) is 1. The summed E-state index contributed by atoms with van der Waals surface area (Å²) in [4.78, 5) is 23.6. The molecule has 6 nitrogen and oxygen atoms in total. The lowest BCUT2D eigenvalue weighted by molar-refractivity contribution is -0.133. The van der Waals surface area contributed by atoms with Crippen LogP contribution in [0.2, 0.25) is 0 Å². The Kier molecular flexibility index (Phi) is 4.99. The van der Waals surface area contributed by atoms with Gasteiger partial charge in [0.05, 0.1) is 30.2 Å². The number of rotatable bonds is 4. The van der Waals surface area contributed by atoms with Crippen LogP contribution in [0.3, 0.4) is 0 Å². The molecule has 1 N–H and O–H groups in total. The molecule has 1 aliphatic carbocycles. The number of hydrogen-bond donors (Lipinski definition) is 1. The van der Waals surface area contributed by atoms with E-state index >= 15 is 0 Å². The standard InChI is InChI=1S/C19H28N4O2/c1-13-9-21-15(10-20-13)11-22-19(24)17-8-14-6-7-23(12-18(14)25-17)16-4-2-3-5-16/h9-10,14,16-18H,2-8,11-12H2,1H3,(H,22,24)/t14-,17+,18+/m1/s1. The molecule has 2 aliphatic heterocycles. The van der Waals surface area contributed by atoms with Crippen molar-refractivity contribution in [1.29, 1.82) is 0 Å². The van der Waals surface area contributed by atoms with Gasteiger partial charge in [0.2, 0.25) is 5.91 Å². The molecule has 0 unspecified atom stereocenters. The van der Waals surface area contributed by atoms with E-state index < -0.39 is 0 Å². The summed E-state index contributed by atoms with van der Waals surface area (Å²) in [5, 5.41) is 2.96. The van der Waals surface area contributed by atoms with Gasteiger partial charge in [-0.05, 0) is 45.1 Å². The number of nitrogens with zero attached hydrogens (tertiary/aromatic N) is 3. The number of hydrogen-bond acceptors (Lipinski definition) is 5. The highest BCUT2D eigenvalue weighted by molar-refractivity contribution is 5.81. The zero-order chi connectivity index (χ0) is 17.2. The van der Waals surface area contributed by atoms with Gasteiger partial charge in [-0.1, -0.05) is 12.8 Å². The third-order valence-corrected chi connectivity index (χ3v) is 5.99. The first-order chi connectivity index (χ1) is 12.2. The Bertz CT molecular complexity index is 600. The molecule has 136 valence electrons. The Labute approximate surface area is 149 Å². The third kappa shape index (κ3) is 3.85. The predicted molar refractivity (Wildman–Crippen MR) is 93.8 cm³/mol. The number of aromatic nitrogens is 2. The van der Waals surface area contributed by atoms with Crippen LogP contribution in [0.15, 0.2) is 12.4 Å². The quantitative estimate of drug-likeness (QED) is 0.902. The molecule has 4 rings (SSSR count). The minimum atomic E-state index is -0.308. The third-order valence-electron chi connectivity index (χ3n) is 5.99. The van der Waals surface area contributed by atoms with E-state index in [0.29, 0.717) is 12.5 Å². The van der Waals surface area contributed by atoms with Crippen molar-refractivity contribution >= 4 is 5.91 Å². The van der Waals surface area contributed by atoms with E-state index in [4.69, 9.17) is 4.74 Å². The lowest BCUT2D eigenvalue weighted by Gasteiger charge is -2.37. The van der Waals surface area contributed by atoms with Gasteiger partial charge < -0.3 is 10.1 Å². The van der Waals surface area contributed by atoms with Crippen LogP contribution in [0.5, 0.6) is 0 Å². The van der Waals surface area contributed by atoms with Crippen molar-refractivity contribution in [3.05, 3.63) is 23.8 Å². The first-order valence-corrected chi connectivity index (χ1v) is 9.64. The Hall–Kier alpha value is -1.53. The average Bonchev–Trinajstić information content (AvgIpc) is 3.29. The molecule has 3 heterocycles. The normalized spacial score (nSPS) is 30.4. The molecule has 1 amide bonds. The van der Waals surface area contributed by atoms with Crippen LogP contribution in [-0.2, 0) is 16.1 Å². The molecule has 3 fully saturated rings. The number of nitrogens with one attached hydrogen (secondary N) is 1. The Balaban J connectivity index is 1.28. The van der Waals surface area contributed by atoms with E-state index in [-0.39, 0.29) is 18.1 Å². The zero-order valence-electron chi connectivity index (χ0n) is 15.0. The number of piperidine rings is 1. The van der Waals surface area contributed by atoms with Crippen LogP contribution in [0.25, 0.3) is 0 Å². The summed E-state index contributed by atoms with van der Waals surface area (Å²) in [5.74, 6) is 0.525. The Morgan fingerprint density at radius 2 is 2.12 bits per heavy atom. The van der Waals surface area contributed by atoms with Crippen LogP contribution in [-0.4, -0.2) is 52.1 Å². The second-order valence-corrected chi connectivity index (χ2v) is 7.75. The monoisotopic (exact) mass is 344 g/mol. The minimum Gasteiger partial charge on any atom is -0.364 e. The highest BCUT2D eigenvalue weighted by Gasteiger charge is 2.43. The lowest BCUT2D eigenvalue weighted by atomic mass is 9.90. The van der Waals surface area contributed by atoms with Crippen molar-refractivity contribution in [3.63, 3.8) is 0 Å². The highest BCUT2D eigenvalue weighted by Crippen LogP contribution is 2.36. The molecular formula is C19H28N4O2. The summed E-state index contributed by atoms with van der Waals surface area (Å²) >= 11 is 0. The number of ether oxygens (including phenoxy) is 1. The number of fused-ring (bicyclic) bond motifs is 1. The number of aryl methyl sites for hydroxylation is 1. The second kappa shape index (κ2) is 7.38. The minimum absolute atomic E-state index is 0.0100. The molecule has 0 bridgehead atoms. The fourth-order valence-corrected chi connectivity index (χ4v) is 4.53. The topological polar surface area (TPSA) is 67.4 Å². The van der Waals surface area contributed by atoms with Gasteiger partial charge in [0.1, 0.15) is 6.10 Å². The lowest BCUT2D eigenvalue weighted by Crippen LogP contribution is -2.46. The van der Waals surface area contributed by atoms with Crippen molar-refractivity contribution in [2.24, 2.45) is 5.92 Å². The van der Waals surface area contributed by atoms with Gasteiger partial charge in [-0.25, -0.2) is 0 Å². The molecule has 1 saturated carbocycles. The maximum atomic E-state index is 12.5. The van der Waals surface area contributed by atoms with Gasteiger partial charge in [0.25, 0.3) is 0 Å². The van der Waals surface area contributed by atoms with Crippen LogP contribution < -0.4 is 5.32 Å². The molecule has 0 spiro atoms. The van der Waals surface area contributed by atoms with E-state index in [1.807, 2.05) is 6.92 Å². The molecule has 25 heavy (non-hydrogen) atoms. The van der Waals surface area contributed by atoms with Crippen molar-refractivity contribution in [3.8, 4) is 0 Å². The number of carbonyl (C=O) groups is 1. The molecule has 3 aliphatic rings. The summed E-state index contributed by atoms with van der Waals surface area (Å²) in [6.07, 6.45) is 10.8. The van der Waals surface area contributed by atoms with Crippen molar-refractivity contribution in [1.82, 2.24) is 20.2 Å². The molecule has 3 atom stereocenters. The van der Waals surface area contributed by atoms with Crippen molar-refractivity contribution < 1.29 is 9.53 Å². The summed E-state index contributed by atoms with van der Waals surface area (Å²) in [7, 11) is 0. The molecule has 2 saturated heterocycles. The van der Waals surface area contributed by atoms with Gasteiger partial charge in [0, 0.05) is 18.8 Å². The van der Waals surface area contributed by atoms with Gasteiger partial charge in [-0.15, -0.1) is 0 Å². The van der Waals surface area contributed by atoms with Gasteiger partial charge in [-0.3, -0.25) is 19.7 Å². The number of carbonyl (C=O) groups excluding carboxylic acids is 1. The summed E-state index contributed by atoms with van der Waals surface area (Å²) in [6, 6.07) is 0.748. The summed E-state index contributed by atoms with van der Waals surface area (Å²) < 4.78 is 6.13. The van der Waals surface area contributed by atoms with Gasteiger partial charge >= 0.3 is 0 Å². The zero-order valence-corrected chi connectivity index (χ0v) is 15.0. The first kappa shape index (κ1) is 16.9. The maximum Gasteiger partial charge on any atom is 0.249 e. The van der Waals surface area contributed by atoms with Gasteiger partial charge in [0.15, 0.2) is 0 Å². The van der Waals surface area contributed by atoms with E-state index in [9.17, 15) is 4.79 Å². The molecule has 1 aromatic rings. The number of amides is 1. The smallest absolute Gasteiger partial charge is 0.249 e. The van der Waals surface area contributed by atoms with E-state index in [1.54, 1.807) is 12.4 Å². The van der Waals surface area contributed by atoms with Crippen LogP contribution in [0, 0.1) is 12.8 Å². The average molecular weight is 344 g/mol. The maximum absolute atomic E-state index is 12.5. The molecule has 1 aromatic heterocycles. The molecule has 6 heteroatoms. The first-order valence-electron chi connectivity index (χ1n) is 9.64. The molecule has 0 radical (unpaired) electrons. The van der Waals surface area contributed by atoms with E-state index in [1.165, 1.54) is 32.2 Å². The summed E-state index contributed by atoms with van der Waals surface area (Å²) in [6.45, 7) is 4.48. The fourth-order valence-electron chi connectivity index (χ4n) is 4.53. The van der Waals surface area contributed by atoms with Crippen molar-refractivity contribution in [2.45, 2.75) is 70.2 Å². The SMILES string of the molecule is Cc1cnc(CNC(=O)[C@@H]2C[C@H]3CCN(C4CCCC4)C[C@@H]3O2)cn1. The van der Waals surface area contributed by atoms with Gasteiger partial charge in [-0.2, -0.15) is 0 Å².